The number of barbiturate groups is 1. The van der Waals surface area contributed by atoms with E-state index in [4.69, 9.17) is 37.8 Å². The van der Waals surface area contributed by atoms with Crippen molar-refractivity contribution in [2.75, 3.05) is 18.1 Å². The van der Waals surface area contributed by atoms with E-state index in [0.717, 1.165) is 4.90 Å². The van der Waals surface area contributed by atoms with Gasteiger partial charge < -0.3 is 14.6 Å². The van der Waals surface area contributed by atoms with Crippen molar-refractivity contribution in [2.24, 2.45) is 0 Å². The molecule has 2 aromatic rings. The minimum atomic E-state index is -1.17. The Morgan fingerprint density at radius 2 is 1.88 bits per heavy atom. The summed E-state index contributed by atoms with van der Waals surface area (Å²) < 4.78 is 11.1. The number of carbonyl (C=O) groups is 4. The molecule has 3 rings (SSSR count). The van der Waals surface area contributed by atoms with E-state index in [-0.39, 0.29) is 39.4 Å². The van der Waals surface area contributed by atoms with E-state index in [0.29, 0.717) is 10.0 Å². The molecule has 2 N–H and O–H groups in total. The van der Waals surface area contributed by atoms with Crippen LogP contribution < -0.4 is 19.7 Å². The maximum absolute atomic E-state index is 13.1. The first-order chi connectivity index (χ1) is 15.6. The Morgan fingerprint density at radius 3 is 2.52 bits per heavy atom. The van der Waals surface area contributed by atoms with Gasteiger partial charge in [0.1, 0.15) is 5.57 Å². The second-order valence-corrected chi connectivity index (χ2v) is 8.17. The monoisotopic (exact) mass is 556 g/mol. The summed E-state index contributed by atoms with van der Waals surface area (Å²) in [6.07, 6.45) is 1.27. The van der Waals surface area contributed by atoms with Crippen LogP contribution in [-0.2, 0) is 14.4 Å². The highest BCUT2D eigenvalue weighted by atomic mass is 79.9. The van der Waals surface area contributed by atoms with Gasteiger partial charge in [0.2, 0.25) is 0 Å². The topological polar surface area (TPSA) is 122 Å². The molecule has 0 radical (unpaired) electrons. The molecule has 12 heteroatoms. The van der Waals surface area contributed by atoms with Gasteiger partial charge in [-0.15, -0.1) is 0 Å². The lowest BCUT2D eigenvalue weighted by molar-refractivity contribution is -0.139. The molecule has 0 aliphatic carbocycles. The zero-order chi connectivity index (χ0) is 24.3. The molecule has 0 aromatic heterocycles. The van der Waals surface area contributed by atoms with Crippen LogP contribution in [0.15, 0.2) is 40.4 Å². The maximum atomic E-state index is 13.1. The van der Waals surface area contributed by atoms with Gasteiger partial charge in [0.05, 0.1) is 26.8 Å². The first-order valence-corrected chi connectivity index (χ1v) is 10.8. The molecule has 0 saturated carbocycles. The average molecular weight is 558 g/mol. The van der Waals surface area contributed by atoms with E-state index < -0.39 is 30.4 Å². The fourth-order valence-corrected chi connectivity index (χ4v) is 3.76. The van der Waals surface area contributed by atoms with Crippen LogP contribution in [0.2, 0.25) is 10.0 Å². The number of benzene rings is 2. The van der Waals surface area contributed by atoms with Gasteiger partial charge in [0.25, 0.3) is 11.8 Å². The molecule has 1 saturated heterocycles. The Balaban J connectivity index is 2.02. The summed E-state index contributed by atoms with van der Waals surface area (Å²) in [4.78, 5) is 49.4. The van der Waals surface area contributed by atoms with Crippen molar-refractivity contribution < 1.29 is 33.8 Å². The van der Waals surface area contributed by atoms with Gasteiger partial charge in [-0.25, -0.2) is 14.5 Å². The lowest BCUT2D eigenvalue weighted by Crippen LogP contribution is -2.54. The average Bonchev–Trinajstić information content (AvgIpc) is 2.73. The second-order valence-electron chi connectivity index (χ2n) is 6.50. The molecule has 2 aromatic carbocycles. The third kappa shape index (κ3) is 5.47. The molecule has 0 atom stereocenters. The van der Waals surface area contributed by atoms with E-state index in [1.807, 2.05) is 0 Å². The van der Waals surface area contributed by atoms with Crippen LogP contribution in [0, 0.1) is 0 Å². The SMILES string of the molecule is CCOc1cc(/C=C2\C(=O)NC(=O)N(c3ccc(Cl)c(Cl)c3)C2=O)cc(Br)c1OCC(=O)O. The van der Waals surface area contributed by atoms with Crippen LogP contribution >= 0.6 is 39.1 Å². The van der Waals surface area contributed by atoms with Gasteiger partial charge in [-0.05, 0) is 64.8 Å². The fourth-order valence-electron chi connectivity index (χ4n) is 2.89. The Morgan fingerprint density at radius 1 is 1.15 bits per heavy atom. The summed E-state index contributed by atoms with van der Waals surface area (Å²) in [5.74, 6) is -2.59. The highest BCUT2D eigenvalue weighted by Crippen LogP contribution is 2.38. The minimum Gasteiger partial charge on any atom is -0.490 e. The number of nitrogens with zero attached hydrogens (tertiary/aromatic N) is 1. The smallest absolute Gasteiger partial charge is 0.341 e. The van der Waals surface area contributed by atoms with E-state index >= 15 is 0 Å². The summed E-state index contributed by atoms with van der Waals surface area (Å²) in [7, 11) is 0. The van der Waals surface area contributed by atoms with Crippen LogP contribution in [0.4, 0.5) is 10.5 Å². The van der Waals surface area contributed by atoms with Crippen LogP contribution in [0.1, 0.15) is 12.5 Å². The second kappa shape index (κ2) is 10.2. The number of urea groups is 1. The number of carboxylic acids is 1. The van der Waals surface area contributed by atoms with Crippen molar-refractivity contribution in [1.29, 1.82) is 0 Å². The molecule has 1 aliphatic heterocycles. The number of carbonyl (C=O) groups excluding carboxylic acids is 3. The number of hydrogen-bond acceptors (Lipinski definition) is 6. The molecule has 172 valence electrons. The summed E-state index contributed by atoms with van der Waals surface area (Å²) in [5.41, 5.74) is 0.156. The molecule has 1 heterocycles. The Labute approximate surface area is 206 Å². The number of carboxylic acid groups (broad SMARTS) is 1. The van der Waals surface area contributed by atoms with Gasteiger partial charge >= 0.3 is 12.0 Å². The molecule has 0 bridgehead atoms. The highest BCUT2D eigenvalue weighted by Gasteiger charge is 2.37. The summed E-state index contributed by atoms with van der Waals surface area (Å²) in [5, 5.41) is 11.3. The number of anilines is 1. The number of ether oxygens (including phenoxy) is 2. The van der Waals surface area contributed by atoms with Crippen LogP contribution in [0.25, 0.3) is 6.08 Å². The Kier molecular flexibility index (Phi) is 7.62. The fraction of sp³-hybridized carbons (Fsp3) is 0.143. The number of amides is 4. The normalized spacial score (nSPS) is 15.0. The molecule has 1 aliphatic rings. The molecule has 33 heavy (non-hydrogen) atoms. The largest absolute Gasteiger partial charge is 0.490 e. The van der Waals surface area contributed by atoms with Crippen molar-refractivity contribution in [3.05, 3.63) is 56.0 Å². The number of aliphatic carboxylic acids is 1. The lowest BCUT2D eigenvalue weighted by atomic mass is 10.1. The van der Waals surface area contributed by atoms with E-state index in [9.17, 15) is 19.2 Å². The molecule has 4 amide bonds. The van der Waals surface area contributed by atoms with Gasteiger partial charge in [-0.1, -0.05) is 23.2 Å². The number of imide groups is 2. The number of halogens is 3. The molecule has 9 nitrogen and oxygen atoms in total. The van der Waals surface area contributed by atoms with Crippen molar-refractivity contribution in [2.45, 2.75) is 6.92 Å². The van der Waals surface area contributed by atoms with Crippen molar-refractivity contribution in [1.82, 2.24) is 5.32 Å². The van der Waals surface area contributed by atoms with Crippen LogP contribution in [0.3, 0.4) is 0 Å². The molecular formula is C21H15BrCl2N2O7. The van der Waals surface area contributed by atoms with Gasteiger partial charge in [-0.3, -0.25) is 14.9 Å². The minimum absolute atomic E-state index is 0.124. The number of nitrogens with one attached hydrogen (secondary N) is 1. The zero-order valence-electron chi connectivity index (χ0n) is 16.9. The Hall–Kier alpha value is -3.08. The highest BCUT2D eigenvalue weighted by molar-refractivity contribution is 9.10. The van der Waals surface area contributed by atoms with Crippen molar-refractivity contribution in [3.8, 4) is 11.5 Å². The van der Waals surface area contributed by atoms with E-state index in [2.05, 4.69) is 21.2 Å². The van der Waals surface area contributed by atoms with Gasteiger partial charge in [0, 0.05) is 0 Å². The Bertz CT molecular complexity index is 1200. The first kappa shape index (κ1) is 24.6. The summed E-state index contributed by atoms with van der Waals surface area (Å²) >= 11 is 15.2. The van der Waals surface area contributed by atoms with Gasteiger partial charge in [0.15, 0.2) is 18.1 Å². The van der Waals surface area contributed by atoms with Crippen molar-refractivity contribution in [3.63, 3.8) is 0 Å². The quantitative estimate of drug-likeness (QED) is 0.384. The third-order valence-corrected chi connectivity index (χ3v) is 5.57. The standard InChI is InChI=1S/C21H15BrCl2N2O7/c1-2-32-16-7-10(6-13(22)18(16)33-9-17(27)28)5-12-19(29)25-21(31)26(20(12)30)11-3-4-14(23)15(24)8-11/h3-8H,2,9H2,1H3,(H,27,28)(H,25,29,31)/b12-5+. The number of hydrogen-bond donors (Lipinski definition) is 2. The summed E-state index contributed by atoms with van der Waals surface area (Å²) in [6.45, 7) is 1.37. The zero-order valence-corrected chi connectivity index (χ0v) is 20.0. The first-order valence-electron chi connectivity index (χ1n) is 9.29. The van der Waals surface area contributed by atoms with E-state index in [1.54, 1.807) is 6.92 Å². The number of rotatable bonds is 7. The lowest BCUT2D eigenvalue weighted by Gasteiger charge is -2.26. The molecule has 0 spiro atoms. The van der Waals surface area contributed by atoms with Crippen LogP contribution in [0.5, 0.6) is 11.5 Å². The molecular weight excluding hydrogens is 543 g/mol. The molecule has 1 fully saturated rings. The van der Waals surface area contributed by atoms with E-state index in [1.165, 1.54) is 36.4 Å². The molecule has 0 unspecified atom stereocenters. The van der Waals surface area contributed by atoms with Crippen molar-refractivity contribution >= 4 is 74.7 Å². The predicted molar refractivity (Wildman–Crippen MR) is 124 cm³/mol. The third-order valence-electron chi connectivity index (χ3n) is 4.25. The van der Waals surface area contributed by atoms with Crippen LogP contribution in [-0.4, -0.2) is 42.1 Å². The predicted octanol–water partition coefficient (Wildman–Crippen LogP) is 4.28. The maximum Gasteiger partial charge on any atom is 0.341 e. The summed E-state index contributed by atoms with van der Waals surface area (Å²) in [6, 6.07) is 6.20. The van der Waals surface area contributed by atoms with Gasteiger partial charge in [-0.2, -0.15) is 0 Å².